The third kappa shape index (κ3) is 5.82. The number of likely N-dealkylation sites (tertiary alicyclic amines) is 1. The van der Waals surface area contributed by atoms with Crippen LogP contribution in [0.15, 0.2) is 96.0 Å². The minimum absolute atomic E-state index is 0.00182. The van der Waals surface area contributed by atoms with Crippen LogP contribution >= 0.6 is 11.6 Å². The van der Waals surface area contributed by atoms with Gasteiger partial charge in [-0.15, -0.1) is 0 Å². The lowest BCUT2D eigenvalue weighted by Gasteiger charge is -2.26. The van der Waals surface area contributed by atoms with E-state index in [2.05, 4.69) is 37.3 Å². The van der Waals surface area contributed by atoms with Crippen LogP contribution in [0.3, 0.4) is 0 Å². The molecule has 6 aromatic rings. The molecule has 1 aliphatic heterocycles. The number of anilines is 1. The molecule has 1 aliphatic rings. The molecule has 0 bridgehead atoms. The zero-order valence-electron chi connectivity index (χ0n) is 24.0. The molecule has 0 spiro atoms. The van der Waals surface area contributed by atoms with Crippen LogP contribution in [0, 0.1) is 0 Å². The van der Waals surface area contributed by atoms with Gasteiger partial charge in [0, 0.05) is 28.2 Å². The number of benzene rings is 4. The number of aromatic amines is 2. The highest BCUT2D eigenvalue weighted by molar-refractivity contribution is 6.31. The van der Waals surface area contributed by atoms with Crippen LogP contribution in [0.4, 0.5) is 11.4 Å². The van der Waals surface area contributed by atoms with Gasteiger partial charge in [0.15, 0.2) is 11.7 Å². The Labute approximate surface area is 259 Å². The van der Waals surface area contributed by atoms with E-state index in [4.69, 9.17) is 16.6 Å². The van der Waals surface area contributed by atoms with E-state index in [1.54, 1.807) is 30.3 Å². The summed E-state index contributed by atoms with van der Waals surface area (Å²) in [6.45, 7) is 3.25. The molecule has 1 amide bonds. The number of piperidine rings is 1. The monoisotopic (exact) mass is 602 g/mol. The van der Waals surface area contributed by atoms with E-state index < -0.39 is 0 Å². The summed E-state index contributed by atoms with van der Waals surface area (Å²) < 4.78 is 0. The van der Waals surface area contributed by atoms with Crippen LogP contribution in [0.5, 0.6) is 5.88 Å². The van der Waals surface area contributed by atoms with E-state index in [9.17, 15) is 9.90 Å². The number of fused-ring (bicyclic) bond motifs is 2. The van der Waals surface area contributed by atoms with E-state index >= 15 is 0 Å². The fourth-order valence-electron chi connectivity index (χ4n) is 5.82. The lowest BCUT2D eigenvalue weighted by atomic mass is 10.0. The first-order valence-corrected chi connectivity index (χ1v) is 15.1. The minimum Gasteiger partial charge on any atom is -0.494 e. The normalized spacial score (nSPS) is 14.3. The molecular weight excluding hydrogens is 572 g/mol. The number of hydrogen-bond acceptors (Lipinski definition) is 5. The lowest BCUT2D eigenvalue weighted by molar-refractivity contribution is 0.101. The highest BCUT2D eigenvalue weighted by Gasteiger charge is 2.20. The second kappa shape index (κ2) is 12.0. The maximum Gasteiger partial charge on any atom is 0.291 e. The van der Waals surface area contributed by atoms with Crippen LogP contribution in [0.25, 0.3) is 21.9 Å². The molecule has 9 heteroatoms. The van der Waals surface area contributed by atoms with Crippen molar-refractivity contribution in [3.63, 3.8) is 0 Å². The smallest absolute Gasteiger partial charge is 0.291 e. The first kappa shape index (κ1) is 27.9. The van der Waals surface area contributed by atoms with E-state index in [-0.39, 0.29) is 17.6 Å². The van der Waals surface area contributed by atoms with E-state index in [0.29, 0.717) is 38.5 Å². The molecule has 44 heavy (non-hydrogen) atoms. The number of hydrogen-bond donors (Lipinski definition) is 4. The topological polar surface area (TPSA) is 109 Å². The largest absolute Gasteiger partial charge is 0.494 e. The second-order valence-corrected chi connectivity index (χ2v) is 11.6. The fraction of sp³-hybridized carbons (Fsp3) is 0.171. The summed E-state index contributed by atoms with van der Waals surface area (Å²) in [5.74, 6) is -0.206. The molecule has 220 valence electrons. The molecule has 2 aromatic heterocycles. The molecule has 4 aromatic carbocycles. The molecule has 0 aliphatic carbocycles. The maximum absolute atomic E-state index is 13.0. The number of imidazole rings is 1. The van der Waals surface area contributed by atoms with Gasteiger partial charge in [0.2, 0.25) is 0 Å². The molecule has 1 fully saturated rings. The van der Waals surface area contributed by atoms with Crippen LogP contribution < -0.4 is 5.32 Å². The van der Waals surface area contributed by atoms with Gasteiger partial charge in [0.25, 0.3) is 5.91 Å². The maximum atomic E-state index is 13.0. The summed E-state index contributed by atoms with van der Waals surface area (Å²) in [6.07, 6.45) is 3.85. The quantitative estimate of drug-likeness (QED) is 0.140. The van der Waals surface area contributed by atoms with Gasteiger partial charge in [-0.3, -0.25) is 9.69 Å². The predicted octanol–water partition coefficient (Wildman–Crippen LogP) is 7.81. The number of carbonyl (C=O) groups is 1. The molecule has 1 saturated heterocycles. The molecule has 7 rings (SSSR count). The first-order chi connectivity index (χ1) is 21.5. The number of amides is 1. The van der Waals surface area contributed by atoms with Crippen molar-refractivity contribution in [2.45, 2.75) is 25.8 Å². The van der Waals surface area contributed by atoms with E-state index in [0.717, 1.165) is 36.3 Å². The Morgan fingerprint density at radius 1 is 0.909 bits per heavy atom. The van der Waals surface area contributed by atoms with Gasteiger partial charge in [-0.05, 0) is 80.0 Å². The Morgan fingerprint density at radius 3 is 2.50 bits per heavy atom. The highest BCUT2D eigenvalue weighted by Crippen LogP contribution is 2.33. The SMILES string of the molecule is O=C(Nc1ccc2c(C(=Nc3ccc(CN4CCCCC4)cc3)c3ccccc3)c(O)[nH]c2c1)c1nc2ccc(Cl)cc2[nH]1. The highest BCUT2D eigenvalue weighted by atomic mass is 35.5. The van der Waals surface area contributed by atoms with Crippen molar-refractivity contribution in [1.82, 2.24) is 19.9 Å². The molecule has 0 radical (unpaired) electrons. The summed E-state index contributed by atoms with van der Waals surface area (Å²) in [7, 11) is 0. The summed E-state index contributed by atoms with van der Waals surface area (Å²) in [5, 5.41) is 15.4. The number of halogens is 1. The van der Waals surface area contributed by atoms with Gasteiger partial charge >= 0.3 is 0 Å². The number of nitrogens with one attached hydrogen (secondary N) is 3. The molecular formula is C35H31ClN6O2. The number of rotatable bonds is 7. The lowest BCUT2D eigenvalue weighted by Crippen LogP contribution is -2.28. The zero-order valence-corrected chi connectivity index (χ0v) is 24.7. The van der Waals surface area contributed by atoms with E-state index in [1.165, 1.54) is 24.8 Å². The van der Waals surface area contributed by atoms with Crippen molar-refractivity contribution in [3.8, 4) is 5.88 Å². The summed E-state index contributed by atoms with van der Waals surface area (Å²) in [6, 6.07) is 28.9. The predicted molar refractivity (Wildman–Crippen MR) is 176 cm³/mol. The molecule has 0 atom stereocenters. The molecule has 0 saturated carbocycles. The van der Waals surface area contributed by atoms with Crippen LogP contribution in [-0.2, 0) is 6.54 Å². The standard InChI is InChI=1S/C35H31ClN6O2/c36-24-11-16-28-30(19-24)40-33(39-28)35(44)38-26-14-15-27-29(20-26)41-34(43)31(27)32(23-7-3-1-4-8-23)37-25-12-9-22(10-13-25)21-42-17-5-2-6-18-42/h1,3-4,7-16,19-20,41,43H,2,5-6,17-18,21H2,(H,38,44)(H,39,40). The van der Waals surface area contributed by atoms with Gasteiger partial charge in [-0.1, -0.05) is 60.5 Å². The Kier molecular flexibility index (Phi) is 7.60. The molecule has 4 N–H and O–H groups in total. The number of carbonyl (C=O) groups excluding carboxylic acids is 1. The zero-order chi connectivity index (χ0) is 30.0. The van der Waals surface area contributed by atoms with Crippen molar-refractivity contribution in [3.05, 3.63) is 119 Å². The van der Waals surface area contributed by atoms with Crippen molar-refractivity contribution in [2.24, 2.45) is 4.99 Å². The van der Waals surface area contributed by atoms with Crippen molar-refractivity contribution < 1.29 is 9.90 Å². The number of nitrogens with zero attached hydrogens (tertiary/aromatic N) is 3. The van der Waals surface area contributed by atoms with Gasteiger partial charge in [-0.25, -0.2) is 9.98 Å². The molecule has 0 unspecified atom stereocenters. The fourth-order valence-corrected chi connectivity index (χ4v) is 5.99. The second-order valence-electron chi connectivity index (χ2n) is 11.1. The van der Waals surface area contributed by atoms with Crippen molar-refractivity contribution in [2.75, 3.05) is 18.4 Å². The van der Waals surface area contributed by atoms with Gasteiger partial charge < -0.3 is 20.4 Å². The Balaban J connectivity index is 1.19. The molecule has 8 nitrogen and oxygen atoms in total. The average Bonchev–Trinajstić information content (AvgIpc) is 3.61. The van der Waals surface area contributed by atoms with Crippen molar-refractivity contribution >= 4 is 56.5 Å². The third-order valence-corrected chi connectivity index (χ3v) is 8.25. The number of H-pyrrole nitrogens is 2. The van der Waals surface area contributed by atoms with E-state index in [1.807, 2.05) is 48.5 Å². The summed E-state index contributed by atoms with van der Waals surface area (Å²) >= 11 is 6.07. The average molecular weight is 603 g/mol. The number of aliphatic imine (C=N–C) groups is 1. The Morgan fingerprint density at radius 2 is 1.70 bits per heavy atom. The van der Waals surface area contributed by atoms with Gasteiger partial charge in [-0.2, -0.15) is 0 Å². The van der Waals surface area contributed by atoms with Crippen LogP contribution in [-0.4, -0.2) is 49.7 Å². The van der Waals surface area contributed by atoms with Gasteiger partial charge in [0.05, 0.1) is 33.5 Å². The minimum atomic E-state index is -0.386. The Hall–Kier alpha value is -4.92. The number of aromatic nitrogens is 3. The third-order valence-electron chi connectivity index (χ3n) is 8.01. The summed E-state index contributed by atoms with van der Waals surface area (Å²) in [4.78, 5) is 31.0. The van der Waals surface area contributed by atoms with Crippen LogP contribution in [0.1, 0.15) is 46.6 Å². The van der Waals surface area contributed by atoms with Gasteiger partial charge in [0.1, 0.15) is 0 Å². The number of aromatic hydroxyl groups is 1. The first-order valence-electron chi connectivity index (χ1n) is 14.8. The van der Waals surface area contributed by atoms with Crippen LogP contribution in [0.2, 0.25) is 5.02 Å². The Bertz CT molecular complexity index is 1990. The molecule has 3 heterocycles. The van der Waals surface area contributed by atoms with Crippen molar-refractivity contribution in [1.29, 1.82) is 0 Å². The summed E-state index contributed by atoms with van der Waals surface area (Å²) in [5.41, 5.74) is 6.73.